The van der Waals surface area contributed by atoms with E-state index in [0.29, 0.717) is 4.47 Å². The SMILES string of the molecule is CCC(NS(=O)(=O)c1ccc(F)cc1)C(=O)Nc1cc([N+](=O)[O-])ccc1Br. The predicted octanol–water partition coefficient (Wildman–Crippen LogP) is 3.19. The van der Waals surface area contributed by atoms with E-state index >= 15 is 0 Å². The van der Waals surface area contributed by atoms with Crippen LogP contribution in [0.4, 0.5) is 15.8 Å². The average Bonchev–Trinajstić information content (AvgIpc) is 2.61. The largest absolute Gasteiger partial charge is 0.323 e. The Morgan fingerprint density at radius 2 is 1.89 bits per heavy atom. The normalized spacial score (nSPS) is 12.4. The molecule has 0 heterocycles. The molecule has 0 radical (unpaired) electrons. The third-order valence-electron chi connectivity index (χ3n) is 3.56. The number of sulfonamides is 1. The van der Waals surface area contributed by atoms with E-state index in [9.17, 15) is 27.7 Å². The Morgan fingerprint density at radius 1 is 1.26 bits per heavy atom. The van der Waals surface area contributed by atoms with Crippen molar-refractivity contribution in [1.82, 2.24) is 4.72 Å². The summed E-state index contributed by atoms with van der Waals surface area (Å²) in [6, 6.07) is 6.84. The first-order chi connectivity index (χ1) is 12.6. The Bertz CT molecular complexity index is 967. The van der Waals surface area contributed by atoms with Crippen molar-refractivity contribution < 1.29 is 22.5 Å². The number of nitrogens with one attached hydrogen (secondary N) is 2. The van der Waals surface area contributed by atoms with Gasteiger partial charge in [0.1, 0.15) is 11.9 Å². The number of amides is 1. The number of halogens is 2. The van der Waals surface area contributed by atoms with Crippen molar-refractivity contribution in [3.63, 3.8) is 0 Å². The number of hydrogen-bond acceptors (Lipinski definition) is 5. The minimum atomic E-state index is -4.05. The number of hydrogen-bond donors (Lipinski definition) is 2. The van der Waals surface area contributed by atoms with E-state index in [1.54, 1.807) is 6.92 Å². The van der Waals surface area contributed by atoms with Gasteiger partial charge >= 0.3 is 0 Å². The van der Waals surface area contributed by atoms with Gasteiger partial charge in [-0.3, -0.25) is 14.9 Å². The fourth-order valence-corrected chi connectivity index (χ4v) is 3.76. The van der Waals surface area contributed by atoms with Crippen LogP contribution in [0.2, 0.25) is 0 Å². The third-order valence-corrected chi connectivity index (χ3v) is 5.74. The van der Waals surface area contributed by atoms with Crippen LogP contribution in [0.1, 0.15) is 13.3 Å². The molecule has 0 spiro atoms. The van der Waals surface area contributed by atoms with Crippen molar-refractivity contribution in [1.29, 1.82) is 0 Å². The Morgan fingerprint density at radius 3 is 2.44 bits per heavy atom. The van der Waals surface area contributed by atoms with Gasteiger partial charge in [-0.1, -0.05) is 6.92 Å². The minimum Gasteiger partial charge on any atom is -0.323 e. The molecule has 1 amide bonds. The lowest BCUT2D eigenvalue weighted by Crippen LogP contribution is -2.43. The summed E-state index contributed by atoms with van der Waals surface area (Å²) >= 11 is 3.17. The van der Waals surface area contributed by atoms with Crippen molar-refractivity contribution in [2.75, 3.05) is 5.32 Å². The maximum atomic E-state index is 13.0. The van der Waals surface area contributed by atoms with Gasteiger partial charge in [-0.05, 0) is 52.7 Å². The molecule has 0 bridgehead atoms. The molecule has 0 fully saturated rings. The molecule has 27 heavy (non-hydrogen) atoms. The summed E-state index contributed by atoms with van der Waals surface area (Å²) < 4.78 is 40.4. The molecule has 1 unspecified atom stereocenters. The molecule has 2 aromatic rings. The molecule has 0 aliphatic rings. The molecule has 0 aromatic heterocycles. The van der Waals surface area contributed by atoms with Crippen LogP contribution in [0.15, 0.2) is 51.8 Å². The minimum absolute atomic E-state index is 0.124. The molecular formula is C16H15BrFN3O5S. The number of benzene rings is 2. The van der Waals surface area contributed by atoms with Crippen LogP contribution < -0.4 is 10.0 Å². The van der Waals surface area contributed by atoms with Gasteiger partial charge in [0.05, 0.1) is 15.5 Å². The standard InChI is InChI=1S/C16H15BrFN3O5S/c1-2-14(20-27(25,26)12-6-3-10(18)4-7-12)16(22)19-15-9-11(21(23)24)5-8-13(15)17/h3-9,14,20H,2H2,1H3,(H,19,22). The number of non-ortho nitro benzene ring substituents is 1. The lowest BCUT2D eigenvalue weighted by atomic mass is 10.2. The number of carbonyl (C=O) groups is 1. The second kappa shape index (κ2) is 8.55. The van der Waals surface area contributed by atoms with Gasteiger partial charge in [-0.2, -0.15) is 4.72 Å². The zero-order valence-corrected chi connectivity index (χ0v) is 16.4. The van der Waals surface area contributed by atoms with Gasteiger partial charge in [-0.25, -0.2) is 12.8 Å². The molecule has 0 saturated heterocycles. The fraction of sp³-hybridized carbons (Fsp3) is 0.188. The molecule has 144 valence electrons. The van der Waals surface area contributed by atoms with Crippen LogP contribution in [0.3, 0.4) is 0 Å². The molecule has 1 atom stereocenters. The number of rotatable bonds is 7. The smallest absolute Gasteiger partial charge is 0.271 e. The number of nitro benzene ring substituents is 1. The highest BCUT2D eigenvalue weighted by Gasteiger charge is 2.25. The van der Waals surface area contributed by atoms with E-state index in [2.05, 4.69) is 26.0 Å². The number of carbonyl (C=O) groups excluding carboxylic acids is 1. The molecule has 0 aliphatic heterocycles. The topological polar surface area (TPSA) is 118 Å². The molecule has 2 N–H and O–H groups in total. The molecule has 8 nitrogen and oxygen atoms in total. The zero-order valence-electron chi connectivity index (χ0n) is 14.0. The highest BCUT2D eigenvalue weighted by atomic mass is 79.9. The Labute approximate surface area is 163 Å². The van der Waals surface area contributed by atoms with Gasteiger partial charge in [0.2, 0.25) is 15.9 Å². The maximum absolute atomic E-state index is 13.0. The van der Waals surface area contributed by atoms with Gasteiger partial charge in [-0.15, -0.1) is 0 Å². The van der Waals surface area contributed by atoms with Gasteiger partial charge in [0.15, 0.2) is 0 Å². The molecule has 0 saturated carbocycles. The number of nitro groups is 1. The summed E-state index contributed by atoms with van der Waals surface area (Å²) in [7, 11) is -4.05. The third kappa shape index (κ3) is 5.31. The van der Waals surface area contributed by atoms with Crippen LogP contribution in [0.25, 0.3) is 0 Å². The van der Waals surface area contributed by atoms with Gasteiger partial charge < -0.3 is 5.32 Å². The molecule has 0 aliphatic carbocycles. The van der Waals surface area contributed by atoms with Crippen LogP contribution >= 0.6 is 15.9 Å². The summed E-state index contributed by atoms with van der Waals surface area (Å²) in [5.41, 5.74) is -0.0953. The first kappa shape index (κ1) is 20.9. The highest BCUT2D eigenvalue weighted by Crippen LogP contribution is 2.27. The molecule has 2 aromatic carbocycles. The fourth-order valence-electron chi connectivity index (χ4n) is 2.13. The first-order valence-corrected chi connectivity index (χ1v) is 9.94. The van der Waals surface area contributed by atoms with Gasteiger partial charge in [0.25, 0.3) is 5.69 Å². The van der Waals surface area contributed by atoms with E-state index in [1.165, 1.54) is 12.1 Å². The molecular weight excluding hydrogens is 445 g/mol. The summed E-state index contributed by atoms with van der Waals surface area (Å²) in [6.07, 6.45) is 0.124. The van der Waals surface area contributed by atoms with E-state index in [-0.39, 0.29) is 22.7 Å². The summed E-state index contributed by atoms with van der Waals surface area (Å²) in [6.45, 7) is 1.60. The van der Waals surface area contributed by atoms with Crippen molar-refractivity contribution in [2.24, 2.45) is 0 Å². The van der Waals surface area contributed by atoms with Gasteiger partial charge in [0, 0.05) is 16.6 Å². The number of nitrogens with zero attached hydrogens (tertiary/aromatic N) is 1. The lowest BCUT2D eigenvalue weighted by Gasteiger charge is -2.17. The summed E-state index contributed by atoms with van der Waals surface area (Å²) in [5, 5.41) is 13.3. The second-order valence-electron chi connectivity index (χ2n) is 5.45. The van der Waals surface area contributed by atoms with E-state index in [0.717, 1.165) is 30.3 Å². The number of anilines is 1. The highest BCUT2D eigenvalue weighted by molar-refractivity contribution is 9.10. The monoisotopic (exact) mass is 459 g/mol. The van der Waals surface area contributed by atoms with Crippen molar-refractivity contribution in [3.8, 4) is 0 Å². The van der Waals surface area contributed by atoms with Crippen molar-refractivity contribution in [2.45, 2.75) is 24.3 Å². The quantitative estimate of drug-likeness (QED) is 0.486. The Balaban J connectivity index is 2.20. The zero-order chi connectivity index (χ0) is 20.2. The second-order valence-corrected chi connectivity index (χ2v) is 8.01. The molecule has 2 rings (SSSR count). The summed E-state index contributed by atoms with van der Waals surface area (Å²) in [5.74, 6) is -1.28. The Kier molecular flexibility index (Phi) is 6.63. The van der Waals surface area contributed by atoms with Crippen LogP contribution in [0.5, 0.6) is 0 Å². The van der Waals surface area contributed by atoms with Crippen LogP contribution in [0, 0.1) is 15.9 Å². The van der Waals surface area contributed by atoms with E-state index < -0.39 is 32.7 Å². The molecule has 11 heteroatoms. The lowest BCUT2D eigenvalue weighted by molar-refractivity contribution is -0.384. The predicted molar refractivity (Wildman–Crippen MR) is 100 cm³/mol. The first-order valence-electron chi connectivity index (χ1n) is 7.66. The van der Waals surface area contributed by atoms with E-state index in [4.69, 9.17) is 0 Å². The van der Waals surface area contributed by atoms with Crippen molar-refractivity contribution in [3.05, 3.63) is 62.9 Å². The summed E-state index contributed by atoms with van der Waals surface area (Å²) in [4.78, 5) is 22.5. The average molecular weight is 460 g/mol. The Hall–Kier alpha value is -2.37. The van der Waals surface area contributed by atoms with Crippen molar-refractivity contribution >= 4 is 43.2 Å². The van der Waals surface area contributed by atoms with Crippen LogP contribution in [-0.4, -0.2) is 25.3 Å². The van der Waals surface area contributed by atoms with E-state index in [1.807, 2.05) is 0 Å². The maximum Gasteiger partial charge on any atom is 0.271 e. The van der Waals surface area contributed by atoms with Crippen LogP contribution in [-0.2, 0) is 14.8 Å².